The molecule has 3 saturated carbocycles. The molecule has 5 rings (SSSR count). The van der Waals surface area contributed by atoms with Gasteiger partial charge in [0.25, 0.3) is 0 Å². The highest BCUT2D eigenvalue weighted by Gasteiger charge is 2.49. The van der Waals surface area contributed by atoms with Crippen molar-refractivity contribution in [3.05, 3.63) is 0 Å². The quantitative estimate of drug-likeness (QED) is 0.259. The highest BCUT2D eigenvalue weighted by atomic mass is 35.5. The number of hydrogen-bond donors (Lipinski definition) is 4. The number of fused-ring (bicyclic) bond motifs is 1. The fourth-order valence-electron chi connectivity index (χ4n) is 8.33. The van der Waals surface area contributed by atoms with E-state index in [0.717, 1.165) is 70.3 Å². The predicted molar refractivity (Wildman–Crippen MR) is 157 cm³/mol. The highest BCUT2D eigenvalue weighted by molar-refractivity contribution is 6.20. The number of nitrogens with zero attached hydrogens (tertiary/aromatic N) is 1. The van der Waals surface area contributed by atoms with E-state index in [1.54, 1.807) is 12.0 Å². The van der Waals surface area contributed by atoms with Crippen LogP contribution >= 0.6 is 11.6 Å². The molecule has 0 aromatic carbocycles. The molecule has 5 unspecified atom stereocenters. The SMILES string of the molecule is C[C@@H](O)[C@H]1ON(CC2CCCC(C#CC3CCC(Cl)CC3)C2)[C@@H](C(=O)NCCC2CNC3CCCCC23)[C@H]1CO. The molecule has 2 heterocycles. The van der Waals surface area contributed by atoms with Crippen molar-refractivity contribution >= 4 is 17.5 Å². The number of alkyl halides is 1. The Morgan fingerprint density at radius 3 is 2.62 bits per heavy atom. The number of rotatable bonds is 8. The molecule has 1 amide bonds. The van der Waals surface area contributed by atoms with Crippen LogP contribution < -0.4 is 10.6 Å². The number of amides is 1. The molecule has 2 aliphatic heterocycles. The van der Waals surface area contributed by atoms with E-state index in [9.17, 15) is 15.0 Å². The van der Waals surface area contributed by atoms with Gasteiger partial charge in [-0.25, -0.2) is 0 Å². The molecule has 0 spiro atoms. The van der Waals surface area contributed by atoms with Crippen molar-refractivity contribution in [3.8, 4) is 11.8 Å². The second kappa shape index (κ2) is 14.5. The van der Waals surface area contributed by atoms with E-state index < -0.39 is 24.2 Å². The summed E-state index contributed by atoms with van der Waals surface area (Å²) in [5.74, 6) is 9.22. The molecule has 0 aromatic heterocycles. The van der Waals surface area contributed by atoms with Gasteiger partial charge in [0.05, 0.1) is 12.7 Å². The molecule has 40 heavy (non-hydrogen) atoms. The summed E-state index contributed by atoms with van der Waals surface area (Å²) in [4.78, 5) is 19.8. The van der Waals surface area contributed by atoms with Gasteiger partial charge in [-0.15, -0.1) is 11.6 Å². The lowest BCUT2D eigenvalue weighted by Crippen LogP contribution is -2.49. The minimum Gasteiger partial charge on any atom is -0.396 e. The first-order valence-electron chi connectivity index (χ1n) is 16.3. The van der Waals surface area contributed by atoms with Crippen molar-refractivity contribution in [2.24, 2.45) is 35.5 Å². The summed E-state index contributed by atoms with van der Waals surface area (Å²) in [5, 5.41) is 29.7. The number of carbonyl (C=O) groups excluding carboxylic acids is 1. The van der Waals surface area contributed by atoms with E-state index in [4.69, 9.17) is 16.4 Å². The Bertz CT molecular complexity index is 885. The molecule has 4 N–H and O–H groups in total. The highest BCUT2D eigenvalue weighted by Crippen LogP contribution is 2.37. The smallest absolute Gasteiger partial charge is 0.240 e. The topological polar surface area (TPSA) is 94.1 Å². The lowest BCUT2D eigenvalue weighted by molar-refractivity contribution is -0.193. The molecule has 0 bridgehead atoms. The van der Waals surface area contributed by atoms with Gasteiger partial charge in [0.1, 0.15) is 12.1 Å². The molecule has 5 aliphatic rings. The Labute approximate surface area is 246 Å². The Balaban J connectivity index is 1.17. The number of aliphatic hydroxyl groups excluding tert-OH is 2. The monoisotopic (exact) mass is 577 g/mol. The van der Waals surface area contributed by atoms with Crippen LogP contribution in [0.3, 0.4) is 0 Å². The third-order valence-electron chi connectivity index (χ3n) is 10.6. The molecule has 0 radical (unpaired) electrons. The third kappa shape index (κ3) is 7.54. The zero-order chi connectivity index (χ0) is 28.1. The summed E-state index contributed by atoms with van der Waals surface area (Å²) >= 11 is 6.27. The van der Waals surface area contributed by atoms with Crippen molar-refractivity contribution in [3.63, 3.8) is 0 Å². The van der Waals surface area contributed by atoms with Crippen molar-refractivity contribution in [1.29, 1.82) is 0 Å². The molecule has 0 aromatic rings. The van der Waals surface area contributed by atoms with E-state index in [1.807, 2.05) is 0 Å². The number of halogens is 1. The van der Waals surface area contributed by atoms with Gasteiger partial charge in [0.2, 0.25) is 5.91 Å². The van der Waals surface area contributed by atoms with Crippen molar-refractivity contribution in [2.45, 2.75) is 120 Å². The Hall–Kier alpha value is -0.880. The van der Waals surface area contributed by atoms with Crippen LogP contribution in [0, 0.1) is 47.3 Å². The lowest BCUT2D eigenvalue weighted by atomic mass is 9.79. The van der Waals surface area contributed by atoms with E-state index in [2.05, 4.69) is 22.5 Å². The first-order chi connectivity index (χ1) is 19.4. The lowest BCUT2D eigenvalue weighted by Gasteiger charge is -2.32. The Morgan fingerprint density at radius 1 is 1.07 bits per heavy atom. The van der Waals surface area contributed by atoms with Crippen LogP contribution in [-0.4, -0.2) is 77.1 Å². The van der Waals surface area contributed by atoms with Gasteiger partial charge in [0.15, 0.2) is 0 Å². The van der Waals surface area contributed by atoms with Gasteiger partial charge in [-0.05, 0) is 95.4 Å². The average Bonchev–Trinajstić information content (AvgIpc) is 3.54. The largest absolute Gasteiger partial charge is 0.396 e. The molecule has 5 fully saturated rings. The Kier molecular flexibility index (Phi) is 11.1. The summed E-state index contributed by atoms with van der Waals surface area (Å²) in [6.45, 7) is 3.81. The first-order valence-corrected chi connectivity index (χ1v) is 16.7. The first kappa shape index (κ1) is 30.6. The van der Waals surface area contributed by atoms with Crippen molar-refractivity contribution in [2.75, 3.05) is 26.2 Å². The van der Waals surface area contributed by atoms with Crippen LogP contribution in [-0.2, 0) is 9.63 Å². The number of aliphatic hydroxyl groups is 2. The van der Waals surface area contributed by atoms with Crippen LogP contribution in [0.2, 0.25) is 0 Å². The second-order valence-corrected chi connectivity index (χ2v) is 14.1. The molecule has 8 heteroatoms. The van der Waals surface area contributed by atoms with Gasteiger partial charge < -0.3 is 20.8 Å². The maximum atomic E-state index is 13.6. The minimum absolute atomic E-state index is 0.0876. The van der Waals surface area contributed by atoms with Crippen molar-refractivity contribution < 1.29 is 19.8 Å². The van der Waals surface area contributed by atoms with E-state index >= 15 is 0 Å². The van der Waals surface area contributed by atoms with Gasteiger partial charge in [-0.1, -0.05) is 31.1 Å². The normalized spacial score (nSPS) is 41.1. The van der Waals surface area contributed by atoms with Crippen LogP contribution in [0.5, 0.6) is 0 Å². The van der Waals surface area contributed by atoms with E-state index in [-0.39, 0.29) is 12.5 Å². The summed E-state index contributed by atoms with van der Waals surface area (Å²) < 4.78 is 0. The van der Waals surface area contributed by atoms with Gasteiger partial charge in [0, 0.05) is 42.3 Å². The molecule has 226 valence electrons. The number of carbonyl (C=O) groups is 1. The molecule has 2 saturated heterocycles. The maximum absolute atomic E-state index is 13.6. The van der Waals surface area contributed by atoms with Crippen LogP contribution in [0.4, 0.5) is 0 Å². The van der Waals surface area contributed by atoms with E-state index in [0.29, 0.717) is 48.2 Å². The molecular weight excluding hydrogens is 526 g/mol. The zero-order valence-electron chi connectivity index (χ0n) is 24.4. The fourth-order valence-corrected chi connectivity index (χ4v) is 8.58. The number of nitrogens with one attached hydrogen (secondary N) is 2. The standard InChI is InChI=1S/C32H52ClN3O4/c1-21(38)31-28(20-37)30(32(39)34-16-15-25-18-35-29-8-3-2-7-27(25)29)36(40-31)19-24-6-4-5-23(17-24)10-9-22-11-13-26(33)14-12-22/h21-31,35,37-38H,2-8,11-20H2,1H3,(H,34,39)/t21-,22?,23?,24?,25?,26?,27?,28-,29?,30-,31-/m1/s1. The minimum atomic E-state index is -0.765. The van der Waals surface area contributed by atoms with E-state index in [1.165, 1.54) is 25.7 Å². The number of hydroxylamine groups is 2. The van der Waals surface area contributed by atoms with Gasteiger partial charge >= 0.3 is 0 Å². The van der Waals surface area contributed by atoms with Crippen LogP contribution in [0.25, 0.3) is 0 Å². The van der Waals surface area contributed by atoms with Crippen LogP contribution in [0.1, 0.15) is 90.4 Å². The average molecular weight is 578 g/mol. The van der Waals surface area contributed by atoms with Crippen molar-refractivity contribution in [1.82, 2.24) is 15.7 Å². The molecule has 7 nitrogen and oxygen atoms in total. The summed E-state index contributed by atoms with van der Waals surface area (Å²) in [6, 6.07) is 0.0642. The molecule has 9 atom stereocenters. The zero-order valence-corrected chi connectivity index (χ0v) is 25.2. The molecular formula is C32H52ClN3O4. The summed E-state index contributed by atoms with van der Waals surface area (Å²) in [7, 11) is 0. The predicted octanol–water partition coefficient (Wildman–Crippen LogP) is 3.85. The van der Waals surface area contributed by atoms with Crippen LogP contribution in [0.15, 0.2) is 0 Å². The number of hydrogen-bond acceptors (Lipinski definition) is 6. The van der Waals surface area contributed by atoms with Gasteiger partial charge in [-0.3, -0.25) is 9.63 Å². The molecule has 3 aliphatic carbocycles. The Morgan fingerprint density at radius 2 is 1.85 bits per heavy atom. The second-order valence-electron chi connectivity index (χ2n) is 13.5. The third-order valence-corrected chi connectivity index (χ3v) is 11.0. The van der Waals surface area contributed by atoms with Gasteiger partial charge in [-0.2, -0.15) is 5.06 Å². The summed E-state index contributed by atoms with van der Waals surface area (Å²) in [5.41, 5.74) is 0. The summed E-state index contributed by atoms with van der Waals surface area (Å²) in [6.07, 6.45) is 13.6. The maximum Gasteiger partial charge on any atom is 0.240 e. The fraction of sp³-hybridized carbons (Fsp3) is 0.906.